The van der Waals surface area contributed by atoms with Gasteiger partial charge in [-0.2, -0.15) is 0 Å². The maximum absolute atomic E-state index is 13.1. The number of rotatable bonds is 77. The minimum Gasteiger partial charge on any atom is -0.462 e. The smallest absolute Gasteiger partial charge is 0.462 e. The number of aliphatic hydroxyl groups is 1. The van der Waals surface area contributed by atoms with Gasteiger partial charge in [-0.3, -0.25) is 37.3 Å². The molecule has 0 spiro atoms. The van der Waals surface area contributed by atoms with Crippen molar-refractivity contribution in [3.8, 4) is 0 Å². The highest BCUT2D eigenvalue weighted by atomic mass is 31.2. The molecule has 97 heavy (non-hydrogen) atoms. The minimum absolute atomic E-state index is 0.106. The topological polar surface area (TPSA) is 237 Å². The summed E-state index contributed by atoms with van der Waals surface area (Å²) in [5.74, 6) is -0.605. The van der Waals surface area contributed by atoms with E-state index in [9.17, 15) is 43.2 Å². The molecule has 17 nitrogen and oxygen atoms in total. The van der Waals surface area contributed by atoms with E-state index in [1.54, 1.807) is 0 Å². The molecule has 0 aromatic carbocycles. The first-order valence-corrected chi connectivity index (χ1v) is 43.5. The fourth-order valence-corrected chi connectivity index (χ4v) is 13.6. The minimum atomic E-state index is -4.96. The molecule has 2 unspecified atom stereocenters. The summed E-state index contributed by atoms with van der Waals surface area (Å²) in [6, 6.07) is 0. The van der Waals surface area contributed by atoms with E-state index in [-0.39, 0.29) is 25.7 Å². The zero-order valence-corrected chi connectivity index (χ0v) is 65.2. The van der Waals surface area contributed by atoms with Crippen LogP contribution in [0.3, 0.4) is 0 Å². The molecule has 0 saturated heterocycles. The number of phosphoric acid groups is 2. The second kappa shape index (κ2) is 69.8. The van der Waals surface area contributed by atoms with Crippen molar-refractivity contribution >= 4 is 39.5 Å². The third-order valence-electron chi connectivity index (χ3n) is 18.2. The molecule has 0 saturated carbocycles. The lowest BCUT2D eigenvalue weighted by Gasteiger charge is -2.21. The van der Waals surface area contributed by atoms with E-state index in [4.69, 9.17) is 37.0 Å². The van der Waals surface area contributed by atoms with Gasteiger partial charge in [0.25, 0.3) is 0 Å². The first kappa shape index (κ1) is 95.1. The van der Waals surface area contributed by atoms with E-state index in [0.717, 1.165) is 102 Å². The van der Waals surface area contributed by atoms with Crippen LogP contribution < -0.4 is 0 Å². The van der Waals surface area contributed by atoms with Gasteiger partial charge in [-0.25, -0.2) is 9.13 Å². The highest BCUT2D eigenvalue weighted by Crippen LogP contribution is 2.45. The van der Waals surface area contributed by atoms with Gasteiger partial charge in [0.1, 0.15) is 19.3 Å². The Kier molecular flexibility index (Phi) is 68.4. The van der Waals surface area contributed by atoms with Crippen LogP contribution in [-0.2, 0) is 65.4 Å². The van der Waals surface area contributed by atoms with Gasteiger partial charge in [0, 0.05) is 25.7 Å². The monoisotopic (exact) mass is 1420 g/mol. The van der Waals surface area contributed by atoms with Gasteiger partial charge in [0.15, 0.2) is 12.2 Å². The predicted molar refractivity (Wildman–Crippen MR) is 395 cm³/mol. The summed E-state index contributed by atoms with van der Waals surface area (Å²) in [7, 11) is -9.91. The largest absolute Gasteiger partial charge is 0.472 e. The molecule has 576 valence electrons. The van der Waals surface area contributed by atoms with E-state index in [0.29, 0.717) is 31.6 Å². The molecule has 0 bridgehead atoms. The van der Waals surface area contributed by atoms with Gasteiger partial charge in [-0.15, -0.1) is 0 Å². The van der Waals surface area contributed by atoms with E-state index >= 15 is 0 Å². The molecule has 0 radical (unpaired) electrons. The van der Waals surface area contributed by atoms with Crippen molar-refractivity contribution in [1.29, 1.82) is 0 Å². The van der Waals surface area contributed by atoms with Crippen molar-refractivity contribution in [2.24, 2.45) is 11.8 Å². The molecule has 0 heterocycles. The van der Waals surface area contributed by atoms with Crippen molar-refractivity contribution in [2.75, 3.05) is 39.6 Å². The molecule has 19 heteroatoms. The number of phosphoric ester groups is 2. The van der Waals surface area contributed by atoms with Crippen molar-refractivity contribution in [2.45, 2.75) is 426 Å². The summed E-state index contributed by atoms with van der Waals surface area (Å²) in [5, 5.41) is 10.6. The highest BCUT2D eigenvalue weighted by molar-refractivity contribution is 7.47. The van der Waals surface area contributed by atoms with Crippen molar-refractivity contribution in [1.82, 2.24) is 0 Å². The maximum Gasteiger partial charge on any atom is 0.472 e. The van der Waals surface area contributed by atoms with Crippen LogP contribution in [-0.4, -0.2) is 96.7 Å². The van der Waals surface area contributed by atoms with Crippen LogP contribution in [0.2, 0.25) is 0 Å². The molecule has 0 aliphatic carbocycles. The Morgan fingerprint density at radius 2 is 0.474 bits per heavy atom. The first-order valence-electron chi connectivity index (χ1n) is 40.5. The molecule has 0 aromatic rings. The molecular formula is C78H152O17P2. The Bertz CT molecular complexity index is 1870. The van der Waals surface area contributed by atoms with Crippen LogP contribution in [0.15, 0.2) is 0 Å². The molecule has 0 rings (SSSR count). The molecule has 0 fully saturated rings. The van der Waals surface area contributed by atoms with E-state index in [1.807, 2.05) is 0 Å². The average Bonchev–Trinajstić information content (AvgIpc) is 1.51. The molecule has 0 amide bonds. The van der Waals surface area contributed by atoms with Crippen LogP contribution in [0.4, 0.5) is 0 Å². The van der Waals surface area contributed by atoms with Crippen LogP contribution in [0.25, 0.3) is 0 Å². The Hall–Kier alpha value is -1.94. The van der Waals surface area contributed by atoms with Gasteiger partial charge in [0.2, 0.25) is 0 Å². The van der Waals surface area contributed by atoms with E-state index < -0.39 is 97.5 Å². The molecule has 3 N–H and O–H groups in total. The fourth-order valence-electron chi connectivity index (χ4n) is 12.0. The molecule has 0 aromatic heterocycles. The van der Waals surface area contributed by atoms with E-state index in [1.165, 1.54) is 218 Å². The lowest BCUT2D eigenvalue weighted by molar-refractivity contribution is -0.161. The quantitative estimate of drug-likeness (QED) is 0.0222. The van der Waals surface area contributed by atoms with Gasteiger partial charge in [-0.1, -0.05) is 356 Å². The van der Waals surface area contributed by atoms with Crippen molar-refractivity contribution in [3.63, 3.8) is 0 Å². The standard InChI is InChI=1S/C78H152O17P2/c1-7-9-11-13-15-17-19-20-21-22-23-26-29-33-36-42-48-54-60-75(80)88-66-73(94-78(83)63-57-51-44-38-34-30-27-24-25-28-32-35-40-46-52-58-70(3)4)68-92-96(84,85)90-64-72(79)65-91-97(86,87)93-69-74(67-89-76(81)61-55-49-45-39-41-47-53-59-71(5)6)95-77(82)62-56-50-43-37-31-18-16-14-12-10-8-2/h70-74,79H,7-69H2,1-6H3,(H,84,85)(H,86,87)/t72-,73-,74-/m1/s1. The molecule has 5 atom stereocenters. The Morgan fingerprint density at radius 1 is 0.278 bits per heavy atom. The van der Waals surface area contributed by atoms with Crippen LogP contribution in [0.5, 0.6) is 0 Å². The van der Waals surface area contributed by atoms with Gasteiger partial charge in [0.05, 0.1) is 26.4 Å². The summed E-state index contributed by atoms with van der Waals surface area (Å²) < 4.78 is 68.6. The lowest BCUT2D eigenvalue weighted by Crippen LogP contribution is -2.30. The zero-order valence-electron chi connectivity index (χ0n) is 63.4. The number of aliphatic hydroxyl groups excluding tert-OH is 1. The second-order valence-corrected chi connectivity index (χ2v) is 32.0. The third kappa shape index (κ3) is 72.2. The molecular weight excluding hydrogens is 1270 g/mol. The first-order chi connectivity index (χ1) is 46.9. The Morgan fingerprint density at radius 3 is 0.701 bits per heavy atom. The number of unbranched alkanes of at least 4 members (excludes halogenated alkanes) is 47. The summed E-state index contributed by atoms with van der Waals surface area (Å²) >= 11 is 0. The maximum atomic E-state index is 13.1. The predicted octanol–water partition coefficient (Wildman–Crippen LogP) is 23.1. The molecule has 0 aliphatic heterocycles. The van der Waals surface area contributed by atoms with Gasteiger partial charge < -0.3 is 33.8 Å². The van der Waals surface area contributed by atoms with Gasteiger partial charge >= 0.3 is 39.5 Å². The normalized spacial score (nSPS) is 14.0. The number of hydrogen-bond acceptors (Lipinski definition) is 15. The summed E-state index contributed by atoms with van der Waals surface area (Å²) in [6.07, 6.45) is 58.4. The van der Waals surface area contributed by atoms with Crippen molar-refractivity contribution in [3.05, 3.63) is 0 Å². The van der Waals surface area contributed by atoms with Crippen molar-refractivity contribution < 1.29 is 80.2 Å². The molecule has 0 aliphatic rings. The number of hydrogen-bond donors (Lipinski definition) is 3. The number of esters is 4. The fraction of sp³-hybridized carbons (Fsp3) is 0.949. The number of ether oxygens (including phenoxy) is 4. The highest BCUT2D eigenvalue weighted by Gasteiger charge is 2.30. The average molecular weight is 1420 g/mol. The van der Waals surface area contributed by atoms with Crippen LogP contribution in [0.1, 0.15) is 408 Å². The third-order valence-corrected chi connectivity index (χ3v) is 20.1. The van der Waals surface area contributed by atoms with Crippen LogP contribution >= 0.6 is 15.6 Å². The zero-order chi connectivity index (χ0) is 71.4. The Balaban J connectivity index is 5.22. The SMILES string of the molecule is CCCCCCCCCCCCCCCCCCCCC(=O)OC[C@H](COP(=O)(O)OC[C@@H](O)COP(=O)(O)OC[C@@H](COC(=O)CCCCCCCCCC(C)C)OC(=O)CCCCCCCCCCCCC)OC(=O)CCCCCCCCCCCCCCCCCC(C)C. The number of carbonyl (C=O) groups excluding carboxylic acids is 4. The van der Waals surface area contributed by atoms with Crippen LogP contribution in [0, 0.1) is 11.8 Å². The van der Waals surface area contributed by atoms with Gasteiger partial charge in [-0.05, 0) is 37.5 Å². The second-order valence-electron chi connectivity index (χ2n) is 29.1. The Labute approximate surface area is 594 Å². The summed E-state index contributed by atoms with van der Waals surface area (Å²) in [5.41, 5.74) is 0. The summed E-state index contributed by atoms with van der Waals surface area (Å²) in [6.45, 7) is 9.58. The van der Waals surface area contributed by atoms with E-state index in [2.05, 4.69) is 41.5 Å². The lowest BCUT2D eigenvalue weighted by atomic mass is 10.0. The number of carbonyl (C=O) groups is 4. The summed E-state index contributed by atoms with van der Waals surface area (Å²) in [4.78, 5) is 72.8.